The highest BCUT2D eigenvalue weighted by Gasteiger charge is 2.30. The first-order valence-electron chi connectivity index (χ1n) is 8.83. The average molecular weight is 359 g/mol. The summed E-state index contributed by atoms with van der Waals surface area (Å²) in [6, 6.07) is 5.32. The molecule has 140 valence electrons. The van der Waals surface area contributed by atoms with E-state index in [0.717, 1.165) is 25.9 Å². The van der Waals surface area contributed by atoms with Crippen molar-refractivity contribution in [3.63, 3.8) is 0 Å². The van der Waals surface area contributed by atoms with Gasteiger partial charge in [-0.2, -0.15) is 15.4 Å². The Hall–Kier alpha value is -2.68. The molecule has 2 aromatic rings. The van der Waals surface area contributed by atoms with Gasteiger partial charge in [-0.3, -0.25) is 4.79 Å². The van der Waals surface area contributed by atoms with E-state index in [2.05, 4.69) is 30.9 Å². The van der Waals surface area contributed by atoms with Crippen LogP contribution in [0.2, 0.25) is 0 Å². The van der Waals surface area contributed by atoms with Gasteiger partial charge in [-0.25, -0.2) is 4.79 Å². The summed E-state index contributed by atoms with van der Waals surface area (Å²) in [5, 5.41) is 16.2. The lowest BCUT2D eigenvalue weighted by Gasteiger charge is -2.26. The van der Waals surface area contributed by atoms with E-state index >= 15 is 0 Å². The first-order chi connectivity index (χ1) is 12.5. The van der Waals surface area contributed by atoms with Gasteiger partial charge in [0.2, 0.25) is 5.91 Å². The zero-order valence-corrected chi connectivity index (χ0v) is 15.2. The topological polar surface area (TPSA) is 106 Å². The Morgan fingerprint density at radius 1 is 1.38 bits per heavy atom. The standard InChI is InChI=1S/C17H25N7O2/c1-23(2)10-11-24-12(6-7-15(24)25)8-9-18-17(26)19-13-4-3-5-14-16(13)21-22-20-14/h3-5,12H,6-11H2,1-2H3,(H2,18,19,26)(H,20,21,22)/t12-/m1/s1. The molecule has 3 N–H and O–H groups in total. The Morgan fingerprint density at radius 3 is 3.04 bits per heavy atom. The number of rotatable bonds is 7. The largest absolute Gasteiger partial charge is 0.338 e. The third-order valence-corrected chi connectivity index (χ3v) is 4.60. The molecule has 9 nitrogen and oxygen atoms in total. The van der Waals surface area contributed by atoms with Crippen LogP contribution in [0.25, 0.3) is 11.0 Å². The zero-order valence-electron chi connectivity index (χ0n) is 15.2. The number of nitrogens with one attached hydrogen (secondary N) is 3. The fourth-order valence-electron chi connectivity index (χ4n) is 3.20. The minimum Gasteiger partial charge on any atom is -0.338 e. The maximum Gasteiger partial charge on any atom is 0.319 e. The quantitative estimate of drug-likeness (QED) is 0.684. The molecule has 9 heteroatoms. The number of aromatic amines is 1. The number of para-hydroxylation sites is 1. The molecule has 1 fully saturated rings. The molecule has 0 saturated carbocycles. The van der Waals surface area contributed by atoms with Crippen LogP contribution in [0.5, 0.6) is 0 Å². The number of amides is 3. The second-order valence-electron chi connectivity index (χ2n) is 6.75. The molecule has 3 rings (SSSR count). The molecule has 0 aliphatic carbocycles. The van der Waals surface area contributed by atoms with Crippen LogP contribution in [0.4, 0.5) is 10.5 Å². The molecule has 0 bridgehead atoms. The van der Waals surface area contributed by atoms with Gasteiger partial charge in [0.05, 0.1) is 5.69 Å². The minimum absolute atomic E-state index is 0.196. The number of fused-ring (bicyclic) bond motifs is 1. The highest BCUT2D eigenvalue weighted by molar-refractivity contribution is 5.98. The number of benzene rings is 1. The maximum absolute atomic E-state index is 12.1. The van der Waals surface area contributed by atoms with Crippen molar-refractivity contribution in [1.82, 2.24) is 30.5 Å². The van der Waals surface area contributed by atoms with E-state index < -0.39 is 0 Å². The van der Waals surface area contributed by atoms with Gasteiger partial charge in [0.25, 0.3) is 0 Å². The lowest BCUT2D eigenvalue weighted by atomic mass is 10.1. The van der Waals surface area contributed by atoms with Crippen molar-refractivity contribution >= 4 is 28.7 Å². The van der Waals surface area contributed by atoms with Gasteiger partial charge >= 0.3 is 6.03 Å². The molecule has 3 amide bonds. The van der Waals surface area contributed by atoms with Gasteiger partial charge in [0.15, 0.2) is 0 Å². The fraction of sp³-hybridized carbons (Fsp3) is 0.529. The lowest BCUT2D eigenvalue weighted by molar-refractivity contribution is -0.129. The van der Waals surface area contributed by atoms with Crippen LogP contribution < -0.4 is 10.6 Å². The molecule has 1 aliphatic rings. The van der Waals surface area contributed by atoms with Gasteiger partial charge in [-0.15, -0.1) is 0 Å². The van der Waals surface area contributed by atoms with Crippen LogP contribution in [-0.4, -0.2) is 76.9 Å². The fourth-order valence-corrected chi connectivity index (χ4v) is 3.20. The van der Waals surface area contributed by atoms with E-state index in [0.29, 0.717) is 29.7 Å². The van der Waals surface area contributed by atoms with Crippen molar-refractivity contribution < 1.29 is 9.59 Å². The van der Waals surface area contributed by atoms with E-state index in [1.54, 1.807) is 6.07 Å². The lowest BCUT2D eigenvalue weighted by Crippen LogP contribution is -2.40. The van der Waals surface area contributed by atoms with E-state index in [-0.39, 0.29) is 18.0 Å². The molecular weight excluding hydrogens is 334 g/mol. The normalized spacial score (nSPS) is 17.3. The Balaban J connectivity index is 1.47. The Bertz CT molecular complexity index is 773. The van der Waals surface area contributed by atoms with Crippen LogP contribution in [0, 0.1) is 0 Å². The molecule has 1 aromatic carbocycles. The van der Waals surface area contributed by atoms with Gasteiger partial charge < -0.3 is 20.4 Å². The van der Waals surface area contributed by atoms with Gasteiger partial charge in [0, 0.05) is 32.1 Å². The molecule has 1 atom stereocenters. The first kappa shape index (κ1) is 18.1. The molecule has 1 aromatic heterocycles. The number of aromatic nitrogens is 3. The van der Waals surface area contributed by atoms with Crippen molar-refractivity contribution in [3.8, 4) is 0 Å². The summed E-state index contributed by atoms with van der Waals surface area (Å²) in [5.41, 5.74) is 1.93. The van der Waals surface area contributed by atoms with Crippen LogP contribution >= 0.6 is 0 Å². The SMILES string of the molecule is CN(C)CCN1C(=O)CC[C@@H]1CCNC(=O)Nc1cccc2n[nH]nc12. The monoisotopic (exact) mass is 359 g/mol. The maximum atomic E-state index is 12.1. The van der Waals surface area contributed by atoms with E-state index in [4.69, 9.17) is 0 Å². The zero-order chi connectivity index (χ0) is 18.5. The Kier molecular flexibility index (Phi) is 5.67. The van der Waals surface area contributed by atoms with Crippen LogP contribution in [-0.2, 0) is 4.79 Å². The Labute approximate surface area is 152 Å². The molecule has 1 saturated heterocycles. The summed E-state index contributed by atoms with van der Waals surface area (Å²) in [4.78, 5) is 28.2. The molecule has 1 aliphatic heterocycles. The molecule has 0 unspecified atom stereocenters. The number of H-pyrrole nitrogens is 1. The van der Waals surface area contributed by atoms with Crippen molar-refractivity contribution in [2.24, 2.45) is 0 Å². The predicted molar refractivity (Wildman–Crippen MR) is 98.8 cm³/mol. The number of carbonyl (C=O) groups is 2. The molecule has 2 heterocycles. The summed E-state index contributed by atoms with van der Waals surface area (Å²) >= 11 is 0. The van der Waals surface area contributed by atoms with Crippen molar-refractivity contribution in [1.29, 1.82) is 0 Å². The van der Waals surface area contributed by atoms with E-state index in [9.17, 15) is 9.59 Å². The van der Waals surface area contributed by atoms with Gasteiger partial charge in [-0.1, -0.05) is 6.07 Å². The van der Waals surface area contributed by atoms with Crippen LogP contribution in [0.15, 0.2) is 18.2 Å². The third kappa shape index (κ3) is 4.29. The smallest absolute Gasteiger partial charge is 0.319 e. The highest BCUT2D eigenvalue weighted by atomic mass is 16.2. The molecule has 26 heavy (non-hydrogen) atoms. The number of hydrogen-bond acceptors (Lipinski definition) is 5. The number of carbonyl (C=O) groups excluding carboxylic acids is 2. The minimum atomic E-state index is -0.287. The number of likely N-dealkylation sites (N-methyl/N-ethyl adjacent to an activating group) is 1. The summed E-state index contributed by atoms with van der Waals surface area (Å²) in [6.07, 6.45) is 2.20. The number of urea groups is 1. The summed E-state index contributed by atoms with van der Waals surface area (Å²) in [7, 11) is 3.99. The summed E-state index contributed by atoms with van der Waals surface area (Å²) < 4.78 is 0. The van der Waals surface area contributed by atoms with E-state index in [1.165, 1.54) is 0 Å². The third-order valence-electron chi connectivity index (χ3n) is 4.60. The average Bonchev–Trinajstić information content (AvgIpc) is 3.21. The molecular formula is C17H25N7O2. The predicted octanol–water partition coefficient (Wildman–Crippen LogP) is 1.02. The number of hydrogen-bond donors (Lipinski definition) is 3. The van der Waals surface area contributed by atoms with Crippen molar-refractivity contribution in [2.75, 3.05) is 39.0 Å². The molecule has 0 spiro atoms. The highest BCUT2D eigenvalue weighted by Crippen LogP contribution is 2.21. The summed E-state index contributed by atoms with van der Waals surface area (Å²) in [5.74, 6) is 0.207. The summed E-state index contributed by atoms with van der Waals surface area (Å²) in [6.45, 7) is 2.09. The second-order valence-corrected chi connectivity index (χ2v) is 6.75. The Morgan fingerprint density at radius 2 is 2.23 bits per heavy atom. The second kappa shape index (κ2) is 8.13. The molecule has 0 radical (unpaired) electrons. The number of likely N-dealkylation sites (tertiary alicyclic amines) is 1. The van der Waals surface area contributed by atoms with Gasteiger partial charge in [0.1, 0.15) is 11.0 Å². The van der Waals surface area contributed by atoms with Crippen molar-refractivity contribution in [3.05, 3.63) is 18.2 Å². The van der Waals surface area contributed by atoms with E-state index in [1.807, 2.05) is 31.1 Å². The van der Waals surface area contributed by atoms with Crippen LogP contribution in [0.1, 0.15) is 19.3 Å². The first-order valence-corrected chi connectivity index (χ1v) is 8.83. The number of nitrogens with zero attached hydrogens (tertiary/aromatic N) is 4. The van der Waals surface area contributed by atoms with Crippen LogP contribution in [0.3, 0.4) is 0 Å². The number of anilines is 1. The van der Waals surface area contributed by atoms with Gasteiger partial charge in [-0.05, 0) is 39.1 Å². The van der Waals surface area contributed by atoms with Crippen molar-refractivity contribution in [2.45, 2.75) is 25.3 Å².